The van der Waals surface area contributed by atoms with Gasteiger partial charge in [0.2, 0.25) is 0 Å². The third-order valence-electron chi connectivity index (χ3n) is 3.44. The molecule has 4 nitrogen and oxygen atoms in total. The molecule has 2 N–H and O–H groups in total. The lowest BCUT2D eigenvalue weighted by molar-refractivity contribution is 0.0950. The van der Waals surface area contributed by atoms with E-state index in [9.17, 15) is 9.59 Å². The molecule has 2 aromatic rings. The first kappa shape index (κ1) is 18.1. The maximum Gasteiger partial charge on any atom is 0.256 e. The van der Waals surface area contributed by atoms with Crippen molar-refractivity contribution in [3.63, 3.8) is 0 Å². The number of thioether (sulfide) groups is 1. The van der Waals surface area contributed by atoms with E-state index in [0.717, 1.165) is 4.90 Å². The van der Waals surface area contributed by atoms with Gasteiger partial charge in [-0.1, -0.05) is 38.1 Å². The molecule has 0 atom stereocenters. The normalized spacial score (nSPS) is 10.5. The summed E-state index contributed by atoms with van der Waals surface area (Å²) >= 11 is 1.52. The van der Waals surface area contributed by atoms with Crippen LogP contribution in [0.2, 0.25) is 0 Å². The summed E-state index contributed by atoms with van der Waals surface area (Å²) < 4.78 is 0. The molecule has 2 rings (SSSR count). The second-order valence-corrected chi connectivity index (χ2v) is 6.65. The molecule has 2 aromatic carbocycles. The van der Waals surface area contributed by atoms with E-state index in [2.05, 4.69) is 10.6 Å². The van der Waals surface area contributed by atoms with Crippen LogP contribution in [0, 0.1) is 5.92 Å². The number of anilines is 1. The number of para-hydroxylation sites is 1. The van der Waals surface area contributed by atoms with E-state index in [1.54, 1.807) is 30.3 Å². The topological polar surface area (TPSA) is 58.2 Å². The van der Waals surface area contributed by atoms with Crippen molar-refractivity contribution in [3.8, 4) is 0 Å². The monoisotopic (exact) mass is 342 g/mol. The van der Waals surface area contributed by atoms with Crippen molar-refractivity contribution < 1.29 is 9.59 Å². The van der Waals surface area contributed by atoms with Gasteiger partial charge in [0.25, 0.3) is 11.8 Å². The number of rotatable bonds is 6. The molecule has 24 heavy (non-hydrogen) atoms. The number of carbonyl (C=O) groups excluding carboxylic acids is 2. The first-order valence-electron chi connectivity index (χ1n) is 7.84. The Bertz CT molecular complexity index is 729. The molecule has 0 saturated heterocycles. The molecular weight excluding hydrogens is 320 g/mol. The minimum atomic E-state index is -0.218. The fourth-order valence-corrected chi connectivity index (χ4v) is 2.80. The minimum absolute atomic E-state index is 0.183. The fraction of sp³-hybridized carbons (Fsp3) is 0.263. The average Bonchev–Trinajstić information content (AvgIpc) is 2.60. The number of carbonyl (C=O) groups is 2. The standard InChI is InChI=1S/C19H22N2O2S/c1-13(2)12-20-18(22)14-8-4-6-10-16(14)21-19(23)15-9-5-7-11-17(15)24-3/h4-11,13H,12H2,1-3H3,(H,20,22)(H,21,23). The maximum absolute atomic E-state index is 12.6. The van der Waals surface area contributed by atoms with E-state index in [0.29, 0.717) is 29.3 Å². The van der Waals surface area contributed by atoms with Crippen molar-refractivity contribution in [2.45, 2.75) is 18.7 Å². The molecule has 0 aliphatic carbocycles. The van der Waals surface area contributed by atoms with E-state index in [1.165, 1.54) is 11.8 Å². The van der Waals surface area contributed by atoms with Crippen LogP contribution in [0.25, 0.3) is 0 Å². The molecule has 0 bridgehead atoms. The molecule has 0 fully saturated rings. The van der Waals surface area contributed by atoms with Gasteiger partial charge in [-0.15, -0.1) is 11.8 Å². The number of amides is 2. The number of benzene rings is 2. The van der Waals surface area contributed by atoms with Gasteiger partial charge in [-0.2, -0.15) is 0 Å². The zero-order chi connectivity index (χ0) is 17.5. The van der Waals surface area contributed by atoms with Crippen molar-refractivity contribution in [3.05, 3.63) is 59.7 Å². The van der Waals surface area contributed by atoms with Crippen LogP contribution < -0.4 is 10.6 Å². The van der Waals surface area contributed by atoms with Gasteiger partial charge >= 0.3 is 0 Å². The number of hydrogen-bond donors (Lipinski definition) is 2. The Balaban J connectivity index is 2.21. The van der Waals surface area contributed by atoms with Gasteiger partial charge in [0.05, 0.1) is 16.8 Å². The second-order valence-electron chi connectivity index (χ2n) is 5.80. The van der Waals surface area contributed by atoms with Crippen LogP contribution in [0.4, 0.5) is 5.69 Å². The van der Waals surface area contributed by atoms with Crippen LogP contribution in [0.1, 0.15) is 34.6 Å². The molecule has 0 heterocycles. The summed E-state index contributed by atoms with van der Waals surface area (Å²) in [6, 6.07) is 14.5. The highest BCUT2D eigenvalue weighted by Crippen LogP contribution is 2.22. The molecule has 0 saturated carbocycles. The number of hydrogen-bond acceptors (Lipinski definition) is 3. The van der Waals surface area contributed by atoms with Crippen LogP contribution in [0.3, 0.4) is 0 Å². The largest absolute Gasteiger partial charge is 0.352 e. The van der Waals surface area contributed by atoms with Crippen molar-refractivity contribution in [2.24, 2.45) is 5.92 Å². The SMILES string of the molecule is CSc1ccccc1C(=O)Nc1ccccc1C(=O)NCC(C)C. The van der Waals surface area contributed by atoms with Crippen LogP contribution in [0.5, 0.6) is 0 Å². The summed E-state index contributed by atoms with van der Waals surface area (Å²) in [5.74, 6) is -0.0361. The van der Waals surface area contributed by atoms with Crippen LogP contribution in [0.15, 0.2) is 53.4 Å². The van der Waals surface area contributed by atoms with Crippen molar-refractivity contribution in [1.29, 1.82) is 0 Å². The van der Waals surface area contributed by atoms with Crippen molar-refractivity contribution in [2.75, 3.05) is 18.1 Å². The third-order valence-corrected chi connectivity index (χ3v) is 4.24. The summed E-state index contributed by atoms with van der Waals surface area (Å²) in [7, 11) is 0. The zero-order valence-electron chi connectivity index (χ0n) is 14.1. The minimum Gasteiger partial charge on any atom is -0.352 e. The Labute approximate surface area is 147 Å². The van der Waals surface area contributed by atoms with Gasteiger partial charge in [-0.25, -0.2) is 0 Å². The summed E-state index contributed by atoms with van der Waals surface area (Å²) in [6.45, 7) is 4.66. The molecular formula is C19H22N2O2S. The quantitative estimate of drug-likeness (QED) is 0.779. The van der Waals surface area contributed by atoms with E-state index >= 15 is 0 Å². The summed E-state index contributed by atoms with van der Waals surface area (Å²) in [5.41, 5.74) is 1.58. The van der Waals surface area contributed by atoms with Crippen molar-refractivity contribution >= 4 is 29.3 Å². The highest BCUT2D eigenvalue weighted by Gasteiger charge is 2.15. The zero-order valence-corrected chi connectivity index (χ0v) is 14.9. The van der Waals surface area contributed by atoms with Gasteiger partial charge in [-0.05, 0) is 36.4 Å². The lowest BCUT2D eigenvalue weighted by Crippen LogP contribution is -2.28. The third kappa shape index (κ3) is 4.61. The highest BCUT2D eigenvalue weighted by atomic mass is 32.2. The smallest absolute Gasteiger partial charge is 0.256 e. The molecule has 0 aromatic heterocycles. The van der Waals surface area contributed by atoms with Crippen LogP contribution >= 0.6 is 11.8 Å². The van der Waals surface area contributed by atoms with Gasteiger partial charge in [-0.3, -0.25) is 9.59 Å². The van der Waals surface area contributed by atoms with Gasteiger partial charge in [0, 0.05) is 11.4 Å². The molecule has 0 unspecified atom stereocenters. The van der Waals surface area contributed by atoms with E-state index in [1.807, 2.05) is 38.3 Å². The highest BCUT2D eigenvalue weighted by molar-refractivity contribution is 7.98. The van der Waals surface area contributed by atoms with Gasteiger partial charge in [0.1, 0.15) is 0 Å². The van der Waals surface area contributed by atoms with E-state index in [4.69, 9.17) is 0 Å². The van der Waals surface area contributed by atoms with E-state index in [-0.39, 0.29) is 11.8 Å². The summed E-state index contributed by atoms with van der Waals surface area (Å²) in [4.78, 5) is 25.8. The summed E-state index contributed by atoms with van der Waals surface area (Å²) in [6.07, 6.45) is 1.93. The van der Waals surface area contributed by atoms with Crippen LogP contribution in [-0.2, 0) is 0 Å². The second kappa shape index (κ2) is 8.55. The molecule has 0 radical (unpaired) electrons. The summed E-state index contributed by atoms with van der Waals surface area (Å²) in [5, 5.41) is 5.74. The van der Waals surface area contributed by atoms with E-state index < -0.39 is 0 Å². The molecule has 0 aliphatic heterocycles. The Morgan fingerprint density at radius 1 is 0.958 bits per heavy atom. The lowest BCUT2D eigenvalue weighted by Gasteiger charge is -2.13. The first-order chi connectivity index (χ1) is 11.5. The molecule has 126 valence electrons. The molecule has 0 spiro atoms. The van der Waals surface area contributed by atoms with Crippen LogP contribution in [-0.4, -0.2) is 24.6 Å². The Morgan fingerprint density at radius 3 is 2.25 bits per heavy atom. The first-order valence-corrected chi connectivity index (χ1v) is 9.07. The van der Waals surface area contributed by atoms with Gasteiger partial charge < -0.3 is 10.6 Å². The van der Waals surface area contributed by atoms with Crippen molar-refractivity contribution in [1.82, 2.24) is 5.32 Å². The molecule has 2 amide bonds. The average molecular weight is 342 g/mol. The predicted molar refractivity (Wildman–Crippen MR) is 99.8 cm³/mol. The Kier molecular flexibility index (Phi) is 6.44. The Hall–Kier alpha value is -2.27. The predicted octanol–water partition coefficient (Wildman–Crippen LogP) is 4.05. The fourth-order valence-electron chi connectivity index (χ4n) is 2.20. The Morgan fingerprint density at radius 2 is 1.58 bits per heavy atom. The lowest BCUT2D eigenvalue weighted by atomic mass is 10.1. The molecule has 5 heteroatoms. The maximum atomic E-state index is 12.6. The van der Waals surface area contributed by atoms with Gasteiger partial charge in [0.15, 0.2) is 0 Å². The number of nitrogens with one attached hydrogen (secondary N) is 2. The molecule has 0 aliphatic rings.